The van der Waals surface area contributed by atoms with Crippen LogP contribution in [-0.4, -0.2) is 55.4 Å². The number of nitrogens with zero attached hydrogens (tertiary/aromatic N) is 6. The normalized spacial score (nSPS) is 13.9. The zero-order chi connectivity index (χ0) is 20.6. The van der Waals surface area contributed by atoms with Crippen molar-refractivity contribution in [2.45, 2.75) is 32.1 Å². The second kappa shape index (κ2) is 9.35. The average molecular weight is 396 g/mol. The molecule has 1 aliphatic heterocycles. The number of amides is 3. The molecule has 1 aromatic carbocycles. The first-order chi connectivity index (χ1) is 14.0. The smallest absolute Gasteiger partial charge is 0.330 e. The van der Waals surface area contributed by atoms with E-state index in [1.807, 2.05) is 0 Å². The first-order valence-electron chi connectivity index (χ1n) is 8.77. The van der Waals surface area contributed by atoms with Crippen LogP contribution in [0.2, 0.25) is 0 Å². The zero-order valence-electron chi connectivity index (χ0n) is 15.2. The van der Waals surface area contributed by atoms with Crippen molar-refractivity contribution in [3.05, 3.63) is 36.2 Å². The Bertz CT molecular complexity index is 929. The van der Waals surface area contributed by atoms with E-state index in [1.165, 1.54) is 12.5 Å². The van der Waals surface area contributed by atoms with Crippen molar-refractivity contribution in [2.24, 2.45) is 4.99 Å². The molecule has 0 aliphatic carbocycles. The van der Waals surface area contributed by atoms with Crippen LogP contribution in [0.3, 0.4) is 0 Å². The van der Waals surface area contributed by atoms with E-state index in [0.717, 1.165) is 5.56 Å². The molecule has 3 amide bonds. The lowest BCUT2D eigenvalue weighted by atomic mass is 10.1. The van der Waals surface area contributed by atoms with E-state index in [0.29, 0.717) is 16.5 Å². The van der Waals surface area contributed by atoms with Crippen LogP contribution in [0.25, 0.3) is 11.4 Å². The summed E-state index contributed by atoms with van der Waals surface area (Å²) in [5, 5.41) is 15.5. The summed E-state index contributed by atoms with van der Waals surface area (Å²) in [4.78, 5) is 54.8. The summed E-state index contributed by atoms with van der Waals surface area (Å²) in [6.45, 7) is 0. The van der Waals surface area contributed by atoms with E-state index in [9.17, 15) is 19.2 Å². The van der Waals surface area contributed by atoms with Gasteiger partial charge in [-0.05, 0) is 12.0 Å². The molecule has 11 heteroatoms. The summed E-state index contributed by atoms with van der Waals surface area (Å²) in [6.07, 6.45) is 2.83. The standard InChI is InChI=1S/C18H16N6O5/c25-14(2-1-3-17(28)29-24-15(26)8-9-16(24)27)19-10-12-4-6-13(7-5-12)18-22-20-11-21-23-18/h4-7,10-11H,1-3,8-9H2. The molecule has 0 bridgehead atoms. The number of hydroxylamine groups is 2. The predicted octanol–water partition coefficient (Wildman–Crippen LogP) is 0.657. The molecule has 11 nitrogen and oxygen atoms in total. The van der Waals surface area contributed by atoms with Crippen molar-refractivity contribution in [2.75, 3.05) is 0 Å². The largest absolute Gasteiger partial charge is 0.333 e. The minimum Gasteiger partial charge on any atom is -0.330 e. The van der Waals surface area contributed by atoms with Crippen molar-refractivity contribution in [1.29, 1.82) is 0 Å². The molecule has 0 spiro atoms. The first-order valence-corrected chi connectivity index (χ1v) is 8.77. The van der Waals surface area contributed by atoms with Gasteiger partial charge in [-0.25, -0.2) is 9.79 Å². The molecule has 0 N–H and O–H groups in total. The number of carbonyl (C=O) groups is 4. The summed E-state index contributed by atoms with van der Waals surface area (Å²) in [6, 6.07) is 6.98. The number of benzene rings is 1. The van der Waals surface area contributed by atoms with Crippen molar-refractivity contribution in [1.82, 2.24) is 25.5 Å². The van der Waals surface area contributed by atoms with E-state index in [1.54, 1.807) is 24.3 Å². The third-order valence-electron chi connectivity index (χ3n) is 3.91. The average Bonchev–Trinajstić information content (AvgIpc) is 3.05. The molecule has 1 fully saturated rings. The highest BCUT2D eigenvalue weighted by Gasteiger charge is 2.32. The van der Waals surface area contributed by atoms with Crippen molar-refractivity contribution >= 4 is 29.9 Å². The third-order valence-corrected chi connectivity index (χ3v) is 3.91. The van der Waals surface area contributed by atoms with E-state index in [2.05, 4.69) is 25.4 Å². The van der Waals surface area contributed by atoms with E-state index >= 15 is 0 Å². The van der Waals surface area contributed by atoms with Gasteiger partial charge in [0.2, 0.25) is 11.7 Å². The van der Waals surface area contributed by atoms with Crippen LogP contribution in [0, 0.1) is 0 Å². The molecule has 29 heavy (non-hydrogen) atoms. The minimum atomic E-state index is -0.743. The summed E-state index contributed by atoms with van der Waals surface area (Å²) in [5.41, 5.74) is 1.42. The van der Waals surface area contributed by atoms with Crippen LogP contribution in [0.5, 0.6) is 0 Å². The highest BCUT2D eigenvalue weighted by Crippen LogP contribution is 2.14. The fraction of sp³-hybridized carbons (Fsp3) is 0.278. The number of hydrogen-bond donors (Lipinski definition) is 0. The van der Waals surface area contributed by atoms with Crippen LogP contribution in [0.4, 0.5) is 0 Å². The Labute approximate surface area is 164 Å². The Morgan fingerprint density at radius 3 is 2.34 bits per heavy atom. The van der Waals surface area contributed by atoms with Crippen LogP contribution >= 0.6 is 0 Å². The maximum absolute atomic E-state index is 11.8. The summed E-state index contributed by atoms with van der Waals surface area (Å²) in [5.74, 6) is -1.85. The molecule has 0 radical (unpaired) electrons. The van der Waals surface area contributed by atoms with Gasteiger partial charge in [0.1, 0.15) is 0 Å². The molecular weight excluding hydrogens is 380 g/mol. The molecular formula is C18H16N6O5. The minimum absolute atomic E-state index is 0.0285. The summed E-state index contributed by atoms with van der Waals surface area (Å²) < 4.78 is 0. The van der Waals surface area contributed by atoms with Crippen molar-refractivity contribution in [3.63, 3.8) is 0 Å². The molecule has 0 saturated carbocycles. The number of hydrogen-bond acceptors (Lipinski definition) is 9. The lowest BCUT2D eigenvalue weighted by molar-refractivity contribution is -0.197. The van der Waals surface area contributed by atoms with Crippen molar-refractivity contribution < 1.29 is 24.0 Å². The molecule has 1 aromatic heterocycles. The van der Waals surface area contributed by atoms with Gasteiger partial charge in [-0.15, -0.1) is 25.5 Å². The van der Waals surface area contributed by atoms with Crippen LogP contribution < -0.4 is 0 Å². The molecule has 1 aliphatic rings. The van der Waals surface area contributed by atoms with Gasteiger partial charge < -0.3 is 4.84 Å². The third kappa shape index (κ3) is 5.54. The van der Waals surface area contributed by atoms with Gasteiger partial charge >= 0.3 is 5.97 Å². The van der Waals surface area contributed by atoms with Gasteiger partial charge in [-0.1, -0.05) is 24.3 Å². The number of rotatable bonds is 7. The Balaban J connectivity index is 1.42. The Hall–Kier alpha value is -3.89. The quantitative estimate of drug-likeness (QED) is 0.486. The van der Waals surface area contributed by atoms with E-state index in [4.69, 9.17) is 4.84 Å². The monoisotopic (exact) mass is 396 g/mol. The zero-order valence-corrected chi connectivity index (χ0v) is 15.2. The second-order valence-corrected chi connectivity index (χ2v) is 6.04. The molecule has 0 atom stereocenters. The second-order valence-electron chi connectivity index (χ2n) is 6.04. The maximum Gasteiger partial charge on any atom is 0.333 e. The van der Waals surface area contributed by atoms with Crippen LogP contribution in [0.15, 0.2) is 35.6 Å². The molecule has 148 valence electrons. The molecule has 1 saturated heterocycles. The number of aliphatic imine (C=N–C) groups is 1. The Morgan fingerprint density at radius 2 is 1.69 bits per heavy atom. The number of aromatic nitrogens is 4. The van der Waals surface area contributed by atoms with E-state index in [-0.39, 0.29) is 32.1 Å². The van der Waals surface area contributed by atoms with Gasteiger partial charge in [-0.3, -0.25) is 14.4 Å². The summed E-state index contributed by atoms with van der Waals surface area (Å²) >= 11 is 0. The Morgan fingerprint density at radius 1 is 1.03 bits per heavy atom. The van der Waals surface area contributed by atoms with Gasteiger partial charge in [0.05, 0.1) is 0 Å². The molecule has 3 rings (SSSR count). The van der Waals surface area contributed by atoms with Gasteiger partial charge in [0, 0.05) is 37.5 Å². The van der Waals surface area contributed by atoms with Gasteiger partial charge in [0.15, 0.2) is 6.33 Å². The Kier molecular flexibility index (Phi) is 6.40. The molecule has 2 heterocycles. The lowest BCUT2D eigenvalue weighted by Gasteiger charge is -2.12. The van der Waals surface area contributed by atoms with Crippen LogP contribution in [-0.2, 0) is 24.0 Å². The molecule has 0 unspecified atom stereocenters. The van der Waals surface area contributed by atoms with Crippen LogP contribution in [0.1, 0.15) is 37.7 Å². The highest BCUT2D eigenvalue weighted by molar-refractivity contribution is 6.01. The highest BCUT2D eigenvalue weighted by atomic mass is 16.7. The maximum atomic E-state index is 11.8. The number of carbonyl (C=O) groups excluding carboxylic acids is 4. The van der Waals surface area contributed by atoms with E-state index < -0.39 is 23.7 Å². The van der Waals surface area contributed by atoms with Crippen molar-refractivity contribution in [3.8, 4) is 11.4 Å². The fourth-order valence-corrected chi connectivity index (χ4v) is 2.44. The topological polar surface area (TPSA) is 145 Å². The van der Waals surface area contributed by atoms with Gasteiger partial charge in [-0.2, -0.15) is 0 Å². The summed E-state index contributed by atoms with van der Waals surface area (Å²) in [7, 11) is 0. The number of imide groups is 1. The first kappa shape index (κ1) is 19.9. The fourth-order valence-electron chi connectivity index (χ4n) is 2.44. The SMILES string of the molecule is O=C(CCCC(=O)ON1C(=O)CCC1=O)N=Cc1ccc(-c2nncnn2)cc1. The molecule has 2 aromatic rings. The predicted molar refractivity (Wildman–Crippen MR) is 96.7 cm³/mol. The lowest BCUT2D eigenvalue weighted by Crippen LogP contribution is -2.31. The van der Waals surface area contributed by atoms with Gasteiger partial charge in [0.25, 0.3) is 11.8 Å².